The van der Waals surface area contributed by atoms with Gasteiger partial charge in [-0.05, 0) is 99.2 Å². The number of carbonyl (C=O) groups excluding carboxylic acids is 3. The standard InChI is InChI=1S/C44H52Br2O10S2/c1-7-23(2)37-26(5)13-14-43(56-37)19-32-18-31(55-43)12-11-25(4)36(53-41(48)34-16-29(45)21-57-34)24(3)9-8-10-28-20-51-39-38(54-42(49)35-17-30(46)22-58-35)27(6)15-33(40(47)52-32)44(28,39)50/h8-11,15-17,21-24,26,31-33,36-39,50H,7,12-14,18-20H2,1-6H3/b9-8+,25-11+,28-10+/t23-,24-,26-,31+,32-,33-,36-,37+,38+,39+,43+,44+/m0/s1. The minimum atomic E-state index is -1.91. The zero-order valence-corrected chi connectivity index (χ0v) is 38.4. The van der Waals surface area contributed by atoms with E-state index in [-0.39, 0.29) is 24.7 Å². The largest absolute Gasteiger partial charge is 0.462 e. The maximum Gasteiger partial charge on any atom is 0.349 e. The zero-order chi connectivity index (χ0) is 41.5. The van der Waals surface area contributed by atoms with Gasteiger partial charge in [0, 0.05) is 44.9 Å². The average molecular weight is 965 g/mol. The number of halogens is 2. The van der Waals surface area contributed by atoms with Gasteiger partial charge in [0.2, 0.25) is 0 Å². The minimum absolute atomic E-state index is 0.0144. The summed E-state index contributed by atoms with van der Waals surface area (Å²) in [7, 11) is 0. The van der Waals surface area contributed by atoms with Crippen LogP contribution in [-0.2, 0) is 33.2 Å². The lowest BCUT2D eigenvalue weighted by Crippen LogP contribution is -2.59. The molecule has 1 N–H and O–H groups in total. The second-order valence-electron chi connectivity index (χ2n) is 16.6. The lowest BCUT2D eigenvalue weighted by molar-refractivity contribution is -0.340. The summed E-state index contributed by atoms with van der Waals surface area (Å²) < 4.78 is 40.4. The van der Waals surface area contributed by atoms with Crippen LogP contribution in [0.25, 0.3) is 0 Å². The fraction of sp³-hybridized carbons (Fsp3) is 0.568. The molecule has 58 heavy (non-hydrogen) atoms. The van der Waals surface area contributed by atoms with E-state index >= 15 is 0 Å². The van der Waals surface area contributed by atoms with Crippen molar-refractivity contribution in [1.29, 1.82) is 0 Å². The topological polar surface area (TPSA) is 127 Å². The Hall–Kier alpha value is -2.43. The Labute approximate surface area is 365 Å². The van der Waals surface area contributed by atoms with Gasteiger partial charge in [0.25, 0.3) is 0 Å². The summed E-state index contributed by atoms with van der Waals surface area (Å²) in [5.41, 5.74) is -0.0421. The van der Waals surface area contributed by atoms with Gasteiger partial charge in [-0.15, -0.1) is 22.7 Å². The van der Waals surface area contributed by atoms with Crippen molar-refractivity contribution in [3.05, 3.63) is 88.7 Å². The molecule has 14 heteroatoms. The SMILES string of the molecule is CC[C@H](C)[C@H]1O[C@]2(CC[C@@H]1C)C[C@@H]1C[C@@H](C/C=C(\C)[C@@H](OC(=O)c3cc(Br)cs3)[C@@H](C)/C=C/C=C3\CO[C@@H]4[C@H](OC(=O)c5cc(Br)cs5)C(C)=C[C@@H](C(=O)O1)[C@]34O)O2. The van der Waals surface area contributed by atoms with Crippen LogP contribution in [0.1, 0.15) is 99.4 Å². The Morgan fingerprint density at radius 1 is 1.00 bits per heavy atom. The van der Waals surface area contributed by atoms with Gasteiger partial charge in [0.1, 0.15) is 39.6 Å². The molecule has 12 atom stereocenters. The monoisotopic (exact) mass is 962 g/mol. The molecule has 4 aliphatic heterocycles. The Bertz CT molecular complexity index is 2000. The molecule has 2 aromatic rings. The first-order chi connectivity index (χ1) is 27.6. The van der Waals surface area contributed by atoms with Gasteiger partial charge < -0.3 is 33.5 Å². The normalized spacial score (nSPS) is 38.3. The van der Waals surface area contributed by atoms with E-state index in [0.29, 0.717) is 58.4 Å². The predicted octanol–water partition coefficient (Wildman–Crippen LogP) is 9.91. The molecule has 3 fully saturated rings. The number of hydrogen-bond donors (Lipinski definition) is 1. The second-order valence-corrected chi connectivity index (χ2v) is 20.3. The Kier molecular flexibility index (Phi) is 13.5. The molecule has 3 saturated heterocycles. The van der Waals surface area contributed by atoms with Crippen LogP contribution >= 0.6 is 54.5 Å². The minimum Gasteiger partial charge on any atom is -0.462 e. The van der Waals surface area contributed by atoms with Crippen molar-refractivity contribution in [1.82, 2.24) is 0 Å². The molecule has 2 bridgehead atoms. The summed E-state index contributed by atoms with van der Waals surface area (Å²) in [6.07, 6.45) is 9.24. The van der Waals surface area contributed by atoms with Crippen molar-refractivity contribution in [3.8, 4) is 0 Å². The van der Waals surface area contributed by atoms with Gasteiger partial charge >= 0.3 is 17.9 Å². The second kappa shape index (κ2) is 17.9. The van der Waals surface area contributed by atoms with Crippen LogP contribution in [0.5, 0.6) is 0 Å². The maximum atomic E-state index is 14.6. The van der Waals surface area contributed by atoms with Crippen LogP contribution in [0.3, 0.4) is 0 Å². The van der Waals surface area contributed by atoms with Gasteiger partial charge in [-0.25, -0.2) is 9.59 Å². The number of ether oxygens (including phenoxy) is 6. The molecule has 6 heterocycles. The smallest absolute Gasteiger partial charge is 0.349 e. The molecule has 0 aromatic carbocycles. The predicted molar refractivity (Wildman–Crippen MR) is 229 cm³/mol. The van der Waals surface area contributed by atoms with Crippen molar-refractivity contribution in [2.45, 2.75) is 128 Å². The molecule has 0 amide bonds. The molecule has 0 unspecified atom stereocenters. The van der Waals surface area contributed by atoms with Crippen molar-refractivity contribution in [2.75, 3.05) is 6.61 Å². The summed E-state index contributed by atoms with van der Waals surface area (Å²) in [4.78, 5) is 42.3. The van der Waals surface area contributed by atoms with Crippen molar-refractivity contribution < 1.29 is 47.9 Å². The average Bonchev–Trinajstić information content (AvgIpc) is 3.92. The third-order valence-corrected chi connectivity index (χ3v) is 15.8. The van der Waals surface area contributed by atoms with E-state index in [1.165, 1.54) is 22.7 Å². The van der Waals surface area contributed by atoms with E-state index in [0.717, 1.165) is 27.4 Å². The number of aliphatic hydroxyl groups is 1. The number of carbonyl (C=O) groups is 3. The van der Waals surface area contributed by atoms with E-state index in [1.807, 2.05) is 25.3 Å². The summed E-state index contributed by atoms with van der Waals surface area (Å²) >= 11 is 9.39. The molecule has 10 nitrogen and oxygen atoms in total. The van der Waals surface area contributed by atoms with E-state index in [4.69, 9.17) is 28.4 Å². The third-order valence-electron chi connectivity index (χ3n) is 12.4. The van der Waals surface area contributed by atoms with E-state index < -0.39 is 59.6 Å². The van der Waals surface area contributed by atoms with Gasteiger partial charge in [0.15, 0.2) is 11.9 Å². The highest BCUT2D eigenvalue weighted by atomic mass is 79.9. The van der Waals surface area contributed by atoms with Crippen LogP contribution in [0, 0.1) is 23.7 Å². The Morgan fingerprint density at radius 2 is 1.67 bits per heavy atom. The van der Waals surface area contributed by atoms with Crippen LogP contribution in [0.4, 0.5) is 0 Å². The summed E-state index contributed by atoms with van der Waals surface area (Å²) in [6, 6.07) is 3.43. The molecular weight excluding hydrogens is 912 g/mol. The van der Waals surface area contributed by atoms with Crippen molar-refractivity contribution in [3.63, 3.8) is 0 Å². The number of allylic oxidation sites excluding steroid dienone is 2. The molecule has 1 spiro atoms. The number of esters is 3. The molecular formula is C44H52Br2O10S2. The highest BCUT2D eigenvalue weighted by Gasteiger charge is 2.61. The fourth-order valence-corrected chi connectivity index (χ4v) is 11.7. The lowest BCUT2D eigenvalue weighted by Gasteiger charge is -2.51. The first kappa shape index (κ1) is 43.7. The highest BCUT2D eigenvalue weighted by molar-refractivity contribution is 9.10. The fourth-order valence-electron chi connectivity index (χ4n) is 9.07. The third kappa shape index (κ3) is 8.96. The van der Waals surface area contributed by atoms with Gasteiger partial charge in [-0.1, -0.05) is 64.5 Å². The van der Waals surface area contributed by atoms with Crippen LogP contribution < -0.4 is 0 Å². The molecule has 2 aromatic heterocycles. The number of rotatable bonds is 6. The van der Waals surface area contributed by atoms with Crippen LogP contribution in [-0.4, -0.2) is 77.6 Å². The number of fused-ring (bicyclic) bond motifs is 2. The Morgan fingerprint density at radius 3 is 2.31 bits per heavy atom. The first-order valence-electron chi connectivity index (χ1n) is 20.1. The van der Waals surface area contributed by atoms with Crippen LogP contribution in [0.15, 0.2) is 78.9 Å². The first-order valence-corrected chi connectivity index (χ1v) is 23.5. The molecule has 7 rings (SSSR count). The molecule has 1 aliphatic carbocycles. The van der Waals surface area contributed by atoms with Crippen LogP contribution in [0.2, 0.25) is 0 Å². The zero-order valence-electron chi connectivity index (χ0n) is 33.6. The summed E-state index contributed by atoms with van der Waals surface area (Å²) in [5, 5.41) is 16.5. The van der Waals surface area contributed by atoms with Gasteiger partial charge in [-0.3, -0.25) is 4.79 Å². The molecule has 0 saturated carbocycles. The summed E-state index contributed by atoms with van der Waals surface area (Å²) in [5.74, 6) is -3.36. The molecule has 5 aliphatic rings. The lowest BCUT2D eigenvalue weighted by atomic mass is 9.70. The van der Waals surface area contributed by atoms with Gasteiger partial charge in [-0.2, -0.15) is 0 Å². The molecule has 314 valence electrons. The van der Waals surface area contributed by atoms with Crippen molar-refractivity contribution in [2.24, 2.45) is 23.7 Å². The number of hydrogen-bond acceptors (Lipinski definition) is 12. The highest BCUT2D eigenvalue weighted by Crippen LogP contribution is 2.49. The van der Waals surface area contributed by atoms with Gasteiger partial charge in [0.05, 0.1) is 18.8 Å². The molecule has 0 radical (unpaired) electrons. The van der Waals surface area contributed by atoms with E-state index in [9.17, 15) is 19.5 Å². The van der Waals surface area contributed by atoms with E-state index in [2.05, 4.69) is 58.7 Å². The maximum absolute atomic E-state index is 14.6. The quantitative estimate of drug-likeness (QED) is 0.170. The van der Waals surface area contributed by atoms with E-state index in [1.54, 1.807) is 42.7 Å². The van der Waals surface area contributed by atoms with Crippen molar-refractivity contribution >= 4 is 72.4 Å². The Balaban J connectivity index is 1.27. The summed E-state index contributed by atoms with van der Waals surface area (Å²) in [6.45, 7) is 12.3. The number of thiophene rings is 2.